The Labute approximate surface area is 147 Å². The van der Waals surface area contributed by atoms with Crippen molar-refractivity contribution in [1.82, 2.24) is 24.6 Å². The predicted octanol–water partition coefficient (Wildman–Crippen LogP) is 4.38. The lowest BCUT2D eigenvalue weighted by molar-refractivity contribution is 0.972. The third kappa shape index (κ3) is 2.30. The third-order valence-corrected chi connectivity index (χ3v) is 4.83. The van der Waals surface area contributed by atoms with Crippen molar-refractivity contribution in [3.63, 3.8) is 0 Å². The van der Waals surface area contributed by atoms with E-state index in [2.05, 4.69) is 33.3 Å². The Kier molecular flexibility index (Phi) is 3.11. The van der Waals surface area contributed by atoms with Crippen LogP contribution in [0.25, 0.3) is 38.5 Å². The van der Waals surface area contributed by atoms with Crippen LogP contribution >= 0.6 is 11.3 Å². The Morgan fingerprint density at radius 1 is 1.00 bits per heavy atom. The topological polar surface area (TPSA) is 56.0 Å². The molecule has 6 heteroatoms. The van der Waals surface area contributed by atoms with Crippen molar-refractivity contribution < 1.29 is 0 Å². The number of rotatable bonds is 2. The Morgan fingerprint density at radius 3 is 2.88 bits per heavy atom. The maximum Gasteiger partial charge on any atom is 0.213 e. The number of imidazole rings is 1. The van der Waals surface area contributed by atoms with Crippen LogP contribution in [0, 0.1) is 6.92 Å². The van der Waals surface area contributed by atoms with Crippen LogP contribution < -0.4 is 0 Å². The van der Waals surface area contributed by atoms with Gasteiger partial charge in [-0.1, -0.05) is 29.5 Å². The molecule has 0 aliphatic rings. The smallest absolute Gasteiger partial charge is 0.213 e. The Bertz CT molecular complexity index is 1220. The molecule has 0 saturated carbocycles. The van der Waals surface area contributed by atoms with E-state index in [-0.39, 0.29) is 0 Å². The molecule has 0 N–H and O–H groups in total. The molecule has 0 aliphatic heterocycles. The lowest BCUT2D eigenvalue weighted by Crippen LogP contribution is -1.94. The molecular weight excluding hydrogens is 330 g/mol. The summed E-state index contributed by atoms with van der Waals surface area (Å²) in [6.45, 7) is 1.99. The molecule has 4 heterocycles. The van der Waals surface area contributed by atoms with Crippen LogP contribution in [-0.4, -0.2) is 24.6 Å². The van der Waals surface area contributed by atoms with Crippen molar-refractivity contribution in [3.8, 4) is 22.6 Å². The van der Waals surface area contributed by atoms with Gasteiger partial charge in [0.05, 0.1) is 11.2 Å². The molecule has 0 saturated heterocycles. The first kappa shape index (κ1) is 14.2. The van der Waals surface area contributed by atoms with E-state index in [1.807, 2.05) is 41.8 Å². The number of aromatic nitrogens is 5. The normalized spacial score (nSPS) is 11.4. The largest absolute Gasteiger partial charge is 0.256 e. The summed E-state index contributed by atoms with van der Waals surface area (Å²) in [4.78, 5) is 14.8. The molecule has 0 amide bonds. The maximum atomic E-state index is 4.81. The molecular formula is C19H13N5S. The molecule has 0 unspecified atom stereocenters. The van der Waals surface area contributed by atoms with Gasteiger partial charge in [0.1, 0.15) is 16.9 Å². The Hall–Kier alpha value is -3.12. The number of hydrogen-bond acceptors (Lipinski definition) is 5. The van der Waals surface area contributed by atoms with Crippen LogP contribution in [0.1, 0.15) is 5.69 Å². The molecule has 120 valence electrons. The second kappa shape index (κ2) is 5.46. The fourth-order valence-electron chi connectivity index (χ4n) is 3.02. The Morgan fingerprint density at radius 2 is 1.96 bits per heavy atom. The van der Waals surface area contributed by atoms with E-state index in [1.165, 1.54) is 11.3 Å². The van der Waals surface area contributed by atoms with Crippen LogP contribution in [0.5, 0.6) is 0 Å². The van der Waals surface area contributed by atoms with Crippen molar-refractivity contribution in [2.45, 2.75) is 6.92 Å². The highest BCUT2D eigenvalue weighted by molar-refractivity contribution is 7.14. The van der Waals surface area contributed by atoms with E-state index in [1.54, 1.807) is 11.7 Å². The number of fused-ring (bicyclic) bond motifs is 2. The summed E-state index contributed by atoms with van der Waals surface area (Å²) in [5.74, 6) is 0. The second-order valence-corrected chi connectivity index (χ2v) is 6.63. The monoisotopic (exact) mass is 343 g/mol. The zero-order chi connectivity index (χ0) is 16.8. The van der Waals surface area contributed by atoms with Gasteiger partial charge in [-0.05, 0) is 37.3 Å². The van der Waals surface area contributed by atoms with Crippen molar-refractivity contribution in [1.29, 1.82) is 0 Å². The van der Waals surface area contributed by atoms with Gasteiger partial charge in [0.2, 0.25) is 4.96 Å². The summed E-state index contributed by atoms with van der Waals surface area (Å²) >= 11 is 1.52. The minimum atomic E-state index is 0.861. The van der Waals surface area contributed by atoms with Crippen molar-refractivity contribution in [3.05, 3.63) is 65.9 Å². The van der Waals surface area contributed by atoms with E-state index in [4.69, 9.17) is 4.98 Å². The molecule has 0 bridgehead atoms. The average Bonchev–Trinajstić information content (AvgIpc) is 3.22. The van der Waals surface area contributed by atoms with E-state index in [0.29, 0.717) is 0 Å². The van der Waals surface area contributed by atoms with Gasteiger partial charge in [0, 0.05) is 22.8 Å². The first-order valence-electron chi connectivity index (χ1n) is 7.91. The molecule has 0 atom stereocenters. The third-order valence-electron chi connectivity index (χ3n) is 4.15. The summed E-state index contributed by atoms with van der Waals surface area (Å²) in [6.07, 6.45) is 1.81. The highest BCUT2D eigenvalue weighted by atomic mass is 32.1. The van der Waals surface area contributed by atoms with Crippen LogP contribution in [0.2, 0.25) is 0 Å². The van der Waals surface area contributed by atoms with E-state index >= 15 is 0 Å². The van der Waals surface area contributed by atoms with Gasteiger partial charge in [-0.15, -0.1) is 0 Å². The van der Waals surface area contributed by atoms with Gasteiger partial charge < -0.3 is 0 Å². The van der Waals surface area contributed by atoms with E-state index in [9.17, 15) is 0 Å². The first-order chi connectivity index (χ1) is 12.3. The summed E-state index contributed by atoms with van der Waals surface area (Å²) in [5.41, 5.74) is 7.47. The number of nitrogens with zero attached hydrogens (tertiary/aromatic N) is 5. The summed E-state index contributed by atoms with van der Waals surface area (Å²) in [7, 11) is 0. The molecule has 5 rings (SSSR count). The van der Waals surface area contributed by atoms with Gasteiger partial charge in [-0.25, -0.2) is 9.50 Å². The van der Waals surface area contributed by atoms with Crippen molar-refractivity contribution >= 4 is 27.2 Å². The maximum absolute atomic E-state index is 4.81. The van der Waals surface area contributed by atoms with Crippen LogP contribution in [0.15, 0.2) is 60.2 Å². The number of pyridine rings is 2. The standard InChI is InChI=1S/C19H13N5S/c1-12-4-2-6-16(22-12)18-17(23-19-24(18)21-11-25-19)14-7-8-15-13(10-14)5-3-9-20-15/h2-11H,1H3. The molecule has 25 heavy (non-hydrogen) atoms. The first-order valence-corrected chi connectivity index (χ1v) is 8.79. The molecule has 0 fully saturated rings. The molecule has 5 nitrogen and oxygen atoms in total. The van der Waals surface area contributed by atoms with Gasteiger partial charge in [0.25, 0.3) is 0 Å². The van der Waals surface area contributed by atoms with Crippen LogP contribution in [0.4, 0.5) is 0 Å². The van der Waals surface area contributed by atoms with Gasteiger partial charge in [-0.2, -0.15) is 5.10 Å². The van der Waals surface area contributed by atoms with E-state index < -0.39 is 0 Å². The summed E-state index contributed by atoms with van der Waals surface area (Å²) < 4.78 is 1.87. The highest BCUT2D eigenvalue weighted by Gasteiger charge is 2.19. The lowest BCUT2D eigenvalue weighted by atomic mass is 10.1. The summed E-state index contributed by atoms with van der Waals surface area (Å²) in [5, 5.41) is 5.54. The van der Waals surface area contributed by atoms with Crippen molar-refractivity contribution in [2.24, 2.45) is 0 Å². The predicted molar refractivity (Wildman–Crippen MR) is 99.6 cm³/mol. The quantitative estimate of drug-likeness (QED) is 0.477. The molecule has 1 aromatic carbocycles. The van der Waals surface area contributed by atoms with E-state index in [0.717, 1.165) is 44.2 Å². The lowest BCUT2D eigenvalue weighted by Gasteiger charge is -2.05. The van der Waals surface area contributed by atoms with Crippen LogP contribution in [0.3, 0.4) is 0 Å². The molecule has 0 radical (unpaired) electrons. The minimum absolute atomic E-state index is 0.861. The van der Waals surface area contributed by atoms with Crippen LogP contribution in [-0.2, 0) is 0 Å². The zero-order valence-electron chi connectivity index (χ0n) is 13.4. The van der Waals surface area contributed by atoms with Crippen molar-refractivity contribution in [2.75, 3.05) is 0 Å². The van der Waals surface area contributed by atoms with Gasteiger partial charge >= 0.3 is 0 Å². The SMILES string of the molecule is Cc1cccc(-c2c(-c3ccc4ncccc4c3)nc3scnn23)n1. The fourth-order valence-corrected chi connectivity index (χ4v) is 3.64. The molecule has 4 aromatic heterocycles. The Balaban J connectivity index is 1.80. The molecule has 5 aromatic rings. The average molecular weight is 343 g/mol. The summed E-state index contributed by atoms with van der Waals surface area (Å²) in [6, 6.07) is 16.2. The number of benzene rings is 1. The molecule has 0 aliphatic carbocycles. The second-order valence-electron chi connectivity index (χ2n) is 5.82. The highest BCUT2D eigenvalue weighted by Crippen LogP contribution is 2.33. The van der Waals surface area contributed by atoms with Gasteiger partial charge in [-0.3, -0.25) is 9.97 Å². The molecule has 0 spiro atoms. The fraction of sp³-hybridized carbons (Fsp3) is 0.0526. The minimum Gasteiger partial charge on any atom is -0.256 e. The number of hydrogen-bond donors (Lipinski definition) is 0. The number of aryl methyl sites for hydroxylation is 1. The zero-order valence-corrected chi connectivity index (χ0v) is 14.2. The van der Waals surface area contributed by atoms with Gasteiger partial charge in [0.15, 0.2) is 0 Å².